The smallest absolute Gasteiger partial charge is 0.303 e. The molecule has 1 aromatic rings. The first kappa shape index (κ1) is 8.18. The van der Waals surface area contributed by atoms with Crippen LogP contribution < -0.4 is 5.73 Å². The Morgan fingerprint density at radius 2 is 2.36 bits per heavy atom. The lowest BCUT2D eigenvalue weighted by molar-refractivity contribution is -0.386. The summed E-state index contributed by atoms with van der Waals surface area (Å²) in [6.45, 7) is 0. The van der Waals surface area contributed by atoms with E-state index in [1.54, 1.807) is 22.6 Å². The van der Waals surface area contributed by atoms with Crippen molar-refractivity contribution in [2.45, 2.75) is 0 Å². The van der Waals surface area contributed by atoms with Gasteiger partial charge in [-0.3, -0.25) is 10.1 Å². The summed E-state index contributed by atoms with van der Waals surface area (Å²) in [7, 11) is 0. The predicted octanol–water partition coefficient (Wildman–Crippen LogP) is 1.18. The summed E-state index contributed by atoms with van der Waals surface area (Å²) in [5, 5.41) is 10.3. The maximum atomic E-state index is 10.3. The van der Waals surface area contributed by atoms with Crippen molar-refractivity contribution in [3.63, 3.8) is 0 Å². The number of nitrogens with two attached hydrogens (primary N) is 1. The molecule has 2 N–H and O–H groups in total. The second kappa shape index (κ2) is 2.99. The van der Waals surface area contributed by atoms with Gasteiger partial charge in [0.1, 0.15) is 0 Å². The van der Waals surface area contributed by atoms with Crippen LogP contribution >= 0.6 is 22.6 Å². The minimum absolute atomic E-state index is 0.0504. The first-order chi connectivity index (χ1) is 5.11. The molecule has 0 fully saturated rings. The largest absolute Gasteiger partial charge is 0.397 e. The zero-order valence-electron chi connectivity index (χ0n) is 5.32. The van der Waals surface area contributed by atoms with Gasteiger partial charge < -0.3 is 5.73 Å². The summed E-state index contributed by atoms with van der Waals surface area (Å²) in [6, 6.07) is 1.29. The van der Waals surface area contributed by atoms with Gasteiger partial charge in [0.25, 0.3) is 0 Å². The molecule has 0 saturated carbocycles. The molecular weight excluding hydrogens is 261 g/mol. The molecule has 0 saturated heterocycles. The second-order valence-electron chi connectivity index (χ2n) is 1.84. The molecule has 0 atom stereocenters. The highest BCUT2D eigenvalue weighted by Gasteiger charge is 2.11. The van der Waals surface area contributed by atoms with E-state index < -0.39 is 4.92 Å². The number of nitro groups is 1. The topological polar surface area (TPSA) is 82.0 Å². The third kappa shape index (κ3) is 1.76. The molecule has 1 aromatic heterocycles. The molecule has 0 aromatic carbocycles. The van der Waals surface area contributed by atoms with Crippen LogP contribution in [0.2, 0.25) is 0 Å². The van der Waals surface area contributed by atoms with E-state index in [0.29, 0.717) is 9.39 Å². The SMILES string of the molecule is Nc1cnc(I)c([N+](=O)[O-])c1. The van der Waals surface area contributed by atoms with Crippen molar-refractivity contribution in [3.8, 4) is 0 Å². The Labute approximate surface area is 75.9 Å². The number of pyridine rings is 1. The van der Waals surface area contributed by atoms with E-state index in [1.165, 1.54) is 12.3 Å². The minimum Gasteiger partial charge on any atom is -0.397 e. The van der Waals surface area contributed by atoms with Crippen molar-refractivity contribution in [3.05, 3.63) is 26.1 Å². The van der Waals surface area contributed by atoms with E-state index in [2.05, 4.69) is 4.98 Å². The standard InChI is InChI=1S/C5H4IN3O2/c6-5-4(9(10)11)1-3(7)2-8-5/h1-2H,7H2. The van der Waals surface area contributed by atoms with Crippen LogP contribution in [-0.4, -0.2) is 9.91 Å². The monoisotopic (exact) mass is 265 g/mol. The summed E-state index contributed by atoms with van der Waals surface area (Å²) < 4.78 is 0.349. The molecule has 0 aliphatic carbocycles. The summed E-state index contributed by atoms with van der Waals surface area (Å²) in [5.41, 5.74) is 5.55. The van der Waals surface area contributed by atoms with Gasteiger partial charge in [-0.05, 0) is 22.6 Å². The fraction of sp³-hybridized carbons (Fsp3) is 0. The molecule has 1 heterocycles. The van der Waals surface area contributed by atoms with Crippen molar-refractivity contribution >= 4 is 34.0 Å². The number of hydrogen-bond donors (Lipinski definition) is 1. The predicted molar refractivity (Wildman–Crippen MR) is 48.0 cm³/mol. The van der Waals surface area contributed by atoms with Crippen LogP contribution in [0.5, 0.6) is 0 Å². The molecule has 11 heavy (non-hydrogen) atoms. The zero-order valence-corrected chi connectivity index (χ0v) is 7.48. The van der Waals surface area contributed by atoms with E-state index in [-0.39, 0.29) is 5.69 Å². The quantitative estimate of drug-likeness (QED) is 0.357. The van der Waals surface area contributed by atoms with Crippen LogP contribution in [0.1, 0.15) is 0 Å². The molecule has 0 amide bonds. The van der Waals surface area contributed by atoms with E-state index in [1.807, 2.05) is 0 Å². The van der Waals surface area contributed by atoms with Crippen LogP contribution in [-0.2, 0) is 0 Å². The third-order valence-corrected chi connectivity index (χ3v) is 1.87. The maximum absolute atomic E-state index is 10.3. The fourth-order valence-electron chi connectivity index (χ4n) is 0.580. The summed E-state index contributed by atoms with van der Waals surface area (Å²) >= 11 is 1.78. The van der Waals surface area contributed by atoms with Gasteiger partial charge in [0.15, 0.2) is 3.70 Å². The summed E-state index contributed by atoms with van der Waals surface area (Å²) in [4.78, 5) is 13.5. The Kier molecular flexibility index (Phi) is 2.22. The van der Waals surface area contributed by atoms with E-state index >= 15 is 0 Å². The van der Waals surface area contributed by atoms with Gasteiger partial charge in [-0.15, -0.1) is 0 Å². The van der Waals surface area contributed by atoms with Gasteiger partial charge in [-0.1, -0.05) is 0 Å². The highest BCUT2D eigenvalue weighted by molar-refractivity contribution is 14.1. The summed E-state index contributed by atoms with van der Waals surface area (Å²) in [6.07, 6.45) is 1.38. The number of nitrogens with zero attached hydrogens (tertiary/aromatic N) is 2. The number of aromatic nitrogens is 1. The lowest BCUT2D eigenvalue weighted by Gasteiger charge is -1.94. The molecule has 58 valence electrons. The lowest BCUT2D eigenvalue weighted by Crippen LogP contribution is -1.96. The van der Waals surface area contributed by atoms with Gasteiger partial charge in [0, 0.05) is 6.07 Å². The number of nitrogen functional groups attached to an aromatic ring is 1. The lowest BCUT2D eigenvalue weighted by atomic mass is 10.4. The Bertz CT molecular complexity index is 302. The van der Waals surface area contributed by atoms with Crippen LogP contribution in [0.4, 0.5) is 11.4 Å². The average molecular weight is 265 g/mol. The van der Waals surface area contributed by atoms with Crippen LogP contribution in [0.15, 0.2) is 12.3 Å². The average Bonchev–Trinajstić information content (AvgIpc) is 1.94. The van der Waals surface area contributed by atoms with Crippen LogP contribution in [0.3, 0.4) is 0 Å². The van der Waals surface area contributed by atoms with Gasteiger partial charge in [-0.2, -0.15) is 0 Å². The molecule has 0 bridgehead atoms. The van der Waals surface area contributed by atoms with Crippen molar-refractivity contribution in [2.24, 2.45) is 0 Å². The molecular formula is C5H4IN3O2. The molecule has 0 aliphatic heterocycles. The molecule has 6 heteroatoms. The Morgan fingerprint density at radius 3 is 2.82 bits per heavy atom. The molecule has 5 nitrogen and oxygen atoms in total. The molecule has 1 rings (SSSR count). The van der Waals surface area contributed by atoms with E-state index in [9.17, 15) is 10.1 Å². The van der Waals surface area contributed by atoms with Gasteiger partial charge in [-0.25, -0.2) is 4.98 Å². The Balaban J connectivity index is 3.23. The summed E-state index contributed by atoms with van der Waals surface area (Å²) in [5.74, 6) is 0. The van der Waals surface area contributed by atoms with Crippen LogP contribution in [0.25, 0.3) is 0 Å². The van der Waals surface area contributed by atoms with Gasteiger partial charge in [0.2, 0.25) is 0 Å². The zero-order chi connectivity index (χ0) is 8.43. The first-order valence-corrected chi connectivity index (χ1v) is 3.74. The number of anilines is 1. The van der Waals surface area contributed by atoms with E-state index in [0.717, 1.165) is 0 Å². The first-order valence-electron chi connectivity index (χ1n) is 2.66. The Hall–Kier alpha value is -0.920. The number of hydrogen-bond acceptors (Lipinski definition) is 4. The molecule has 0 spiro atoms. The number of halogens is 1. The highest BCUT2D eigenvalue weighted by Crippen LogP contribution is 2.19. The van der Waals surface area contributed by atoms with Gasteiger partial charge in [0.05, 0.1) is 16.8 Å². The van der Waals surface area contributed by atoms with Crippen molar-refractivity contribution in [1.29, 1.82) is 0 Å². The van der Waals surface area contributed by atoms with Crippen LogP contribution in [0, 0.1) is 13.8 Å². The fourth-order valence-corrected chi connectivity index (χ4v) is 1.07. The minimum atomic E-state index is -0.509. The normalized spacial score (nSPS) is 9.55. The van der Waals surface area contributed by atoms with Gasteiger partial charge >= 0.3 is 5.69 Å². The highest BCUT2D eigenvalue weighted by atomic mass is 127. The second-order valence-corrected chi connectivity index (χ2v) is 2.86. The van der Waals surface area contributed by atoms with E-state index in [4.69, 9.17) is 5.73 Å². The molecule has 0 radical (unpaired) electrons. The number of rotatable bonds is 1. The molecule has 0 unspecified atom stereocenters. The van der Waals surface area contributed by atoms with Crippen molar-refractivity contribution in [2.75, 3.05) is 5.73 Å². The van der Waals surface area contributed by atoms with Crippen molar-refractivity contribution in [1.82, 2.24) is 4.98 Å². The van der Waals surface area contributed by atoms with Crippen molar-refractivity contribution < 1.29 is 4.92 Å². The third-order valence-electron chi connectivity index (χ3n) is 1.04. The maximum Gasteiger partial charge on any atom is 0.303 e. The Morgan fingerprint density at radius 1 is 1.73 bits per heavy atom. The molecule has 0 aliphatic rings.